The van der Waals surface area contributed by atoms with Gasteiger partial charge in [0, 0.05) is 22.2 Å². The van der Waals surface area contributed by atoms with Crippen LogP contribution in [0.15, 0.2) is 18.3 Å². The molecule has 1 aromatic heterocycles. The van der Waals surface area contributed by atoms with Gasteiger partial charge in [-0.05, 0) is 18.6 Å². The number of carbonyl (C=O) groups excluding carboxylic acids is 1. The fourth-order valence-electron chi connectivity index (χ4n) is 1.44. The quantitative estimate of drug-likeness (QED) is 0.694. The lowest BCUT2D eigenvalue weighted by molar-refractivity contribution is 0.112. The fraction of sp³-hybridized carbons (Fsp3) is 0.100. The van der Waals surface area contributed by atoms with Gasteiger partial charge in [-0.15, -0.1) is 0 Å². The second-order valence-corrected chi connectivity index (χ2v) is 3.36. The van der Waals surface area contributed by atoms with Crippen molar-refractivity contribution < 1.29 is 4.79 Å². The van der Waals surface area contributed by atoms with Crippen LogP contribution < -0.4 is 0 Å². The van der Waals surface area contributed by atoms with Gasteiger partial charge in [-0.25, -0.2) is 0 Å². The lowest BCUT2D eigenvalue weighted by Crippen LogP contribution is -1.79. The SMILES string of the molecule is Cc1c(Cl)ccc2c(C=O)c[nH]c12. The number of rotatable bonds is 1. The van der Waals surface area contributed by atoms with Crippen LogP contribution in [0.1, 0.15) is 15.9 Å². The van der Waals surface area contributed by atoms with Crippen LogP contribution in [0.4, 0.5) is 0 Å². The Morgan fingerprint density at radius 1 is 1.46 bits per heavy atom. The van der Waals surface area contributed by atoms with E-state index in [1.807, 2.05) is 13.0 Å². The first-order chi connectivity index (χ1) is 6.24. The zero-order chi connectivity index (χ0) is 9.42. The molecule has 1 aromatic carbocycles. The summed E-state index contributed by atoms with van der Waals surface area (Å²) in [4.78, 5) is 13.7. The Balaban J connectivity index is 2.88. The van der Waals surface area contributed by atoms with Crippen molar-refractivity contribution in [1.29, 1.82) is 0 Å². The van der Waals surface area contributed by atoms with E-state index in [1.165, 1.54) is 0 Å². The normalized spacial score (nSPS) is 10.6. The van der Waals surface area contributed by atoms with Gasteiger partial charge in [0.15, 0.2) is 6.29 Å². The minimum Gasteiger partial charge on any atom is -0.360 e. The molecule has 2 aromatic rings. The number of carbonyl (C=O) groups is 1. The van der Waals surface area contributed by atoms with Crippen LogP contribution in [0, 0.1) is 6.92 Å². The van der Waals surface area contributed by atoms with Crippen LogP contribution in [-0.4, -0.2) is 11.3 Å². The summed E-state index contributed by atoms with van der Waals surface area (Å²) in [5.74, 6) is 0. The monoisotopic (exact) mass is 193 g/mol. The molecule has 0 saturated carbocycles. The average Bonchev–Trinajstić information content (AvgIpc) is 2.55. The third-order valence-electron chi connectivity index (χ3n) is 2.21. The van der Waals surface area contributed by atoms with Crippen molar-refractivity contribution in [3.05, 3.63) is 34.5 Å². The molecule has 3 heteroatoms. The number of fused-ring (bicyclic) bond motifs is 1. The highest BCUT2D eigenvalue weighted by Gasteiger charge is 2.06. The Bertz CT molecular complexity index is 473. The Morgan fingerprint density at radius 2 is 2.23 bits per heavy atom. The van der Waals surface area contributed by atoms with Gasteiger partial charge in [-0.1, -0.05) is 17.7 Å². The van der Waals surface area contributed by atoms with E-state index in [1.54, 1.807) is 12.3 Å². The van der Waals surface area contributed by atoms with Gasteiger partial charge < -0.3 is 4.98 Å². The van der Waals surface area contributed by atoms with E-state index in [0.29, 0.717) is 10.6 Å². The highest BCUT2D eigenvalue weighted by atomic mass is 35.5. The van der Waals surface area contributed by atoms with Crippen LogP contribution in [0.25, 0.3) is 10.9 Å². The zero-order valence-corrected chi connectivity index (χ0v) is 7.85. The Kier molecular flexibility index (Phi) is 1.85. The summed E-state index contributed by atoms with van der Waals surface area (Å²) in [5, 5.41) is 1.64. The lowest BCUT2D eigenvalue weighted by Gasteiger charge is -1.98. The molecule has 0 spiro atoms. The summed E-state index contributed by atoms with van der Waals surface area (Å²) in [6, 6.07) is 3.66. The third kappa shape index (κ3) is 1.14. The standard InChI is InChI=1S/C10H8ClNO/c1-6-9(11)3-2-8-7(5-13)4-12-10(6)8/h2-5,12H,1H3. The van der Waals surface area contributed by atoms with E-state index in [0.717, 1.165) is 22.8 Å². The van der Waals surface area contributed by atoms with Crippen molar-refractivity contribution in [3.8, 4) is 0 Å². The van der Waals surface area contributed by atoms with Gasteiger partial charge in [-0.2, -0.15) is 0 Å². The number of aryl methyl sites for hydroxylation is 1. The van der Waals surface area contributed by atoms with E-state index in [-0.39, 0.29) is 0 Å². The maximum atomic E-state index is 10.6. The van der Waals surface area contributed by atoms with Gasteiger partial charge in [0.1, 0.15) is 0 Å². The van der Waals surface area contributed by atoms with E-state index in [4.69, 9.17) is 11.6 Å². The zero-order valence-electron chi connectivity index (χ0n) is 7.10. The van der Waals surface area contributed by atoms with E-state index in [9.17, 15) is 4.79 Å². The highest BCUT2D eigenvalue weighted by molar-refractivity contribution is 6.32. The molecule has 0 aliphatic heterocycles. The van der Waals surface area contributed by atoms with E-state index >= 15 is 0 Å². The predicted molar refractivity (Wildman–Crippen MR) is 53.4 cm³/mol. The number of hydrogen-bond donors (Lipinski definition) is 1. The summed E-state index contributed by atoms with van der Waals surface area (Å²) in [5.41, 5.74) is 2.59. The summed E-state index contributed by atoms with van der Waals surface area (Å²) in [7, 11) is 0. The summed E-state index contributed by atoms with van der Waals surface area (Å²) in [6.45, 7) is 1.93. The van der Waals surface area contributed by atoms with Gasteiger partial charge in [-0.3, -0.25) is 4.79 Å². The van der Waals surface area contributed by atoms with Crippen molar-refractivity contribution >= 4 is 28.8 Å². The summed E-state index contributed by atoms with van der Waals surface area (Å²) >= 11 is 5.93. The smallest absolute Gasteiger partial charge is 0.152 e. The number of aromatic amines is 1. The molecule has 1 N–H and O–H groups in total. The van der Waals surface area contributed by atoms with Gasteiger partial charge >= 0.3 is 0 Å². The lowest BCUT2D eigenvalue weighted by atomic mass is 10.1. The van der Waals surface area contributed by atoms with Crippen LogP contribution in [0.5, 0.6) is 0 Å². The second kappa shape index (κ2) is 2.89. The molecular weight excluding hydrogens is 186 g/mol. The predicted octanol–water partition coefficient (Wildman–Crippen LogP) is 2.94. The molecule has 0 aliphatic rings. The Hall–Kier alpha value is -1.28. The largest absolute Gasteiger partial charge is 0.360 e. The van der Waals surface area contributed by atoms with Crippen LogP contribution in [0.3, 0.4) is 0 Å². The first-order valence-electron chi connectivity index (χ1n) is 3.95. The number of nitrogens with one attached hydrogen (secondary N) is 1. The molecule has 2 rings (SSSR count). The molecule has 0 unspecified atom stereocenters. The van der Waals surface area contributed by atoms with Gasteiger partial charge in [0.05, 0.1) is 5.52 Å². The molecule has 66 valence electrons. The number of hydrogen-bond acceptors (Lipinski definition) is 1. The van der Waals surface area contributed by atoms with Crippen LogP contribution >= 0.6 is 11.6 Å². The average molecular weight is 194 g/mol. The number of benzene rings is 1. The molecular formula is C10H8ClNO. The van der Waals surface area contributed by atoms with Crippen molar-refractivity contribution in [3.63, 3.8) is 0 Å². The van der Waals surface area contributed by atoms with Crippen molar-refractivity contribution in [2.75, 3.05) is 0 Å². The maximum Gasteiger partial charge on any atom is 0.152 e. The van der Waals surface area contributed by atoms with E-state index in [2.05, 4.69) is 4.98 Å². The van der Waals surface area contributed by atoms with Crippen molar-refractivity contribution in [2.45, 2.75) is 6.92 Å². The second-order valence-electron chi connectivity index (χ2n) is 2.96. The Labute approximate surface area is 80.5 Å². The van der Waals surface area contributed by atoms with Crippen molar-refractivity contribution in [1.82, 2.24) is 4.98 Å². The first-order valence-corrected chi connectivity index (χ1v) is 4.33. The summed E-state index contributed by atoms with van der Waals surface area (Å²) < 4.78 is 0. The number of H-pyrrole nitrogens is 1. The molecule has 0 radical (unpaired) electrons. The van der Waals surface area contributed by atoms with Gasteiger partial charge in [0.25, 0.3) is 0 Å². The number of aromatic nitrogens is 1. The molecule has 0 saturated heterocycles. The maximum absolute atomic E-state index is 10.6. The topological polar surface area (TPSA) is 32.9 Å². The van der Waals surface area contributed by atoms with Gasteiger partial charge in [0.2, 0.25) is 0 Å². The highest BCUT2D eigenvalue weighted by Crippen LogP contribution is 2.25. The minimum atomic E-state index is 0.676. The van der Waals surface area contributed by atoms with Crippen LogP contribution in [0.2, 0.25) is 5.02 Å². The molecule has 0 aliphatic carbocycles. The molecule has 0 atom stereocenters. The first kappa shape index (κ1) is 8.32. The molecule has 0 bridgehead atoms. The summed E-state index contributed by atoms with van der Waals surface area (Å²) in [6.07, 6.45) is 2.53. The number of aldehydes is 1. The molecule has 1 heterocycles. The molecule has 0 fully saturated rings. The Morgan fingerprint density at radius 3 is 2.92 bits per heavy atom. The number of halogens is 1. The fourth-order valence-corrected chi connectivity index (χ4v) is 1.60. The van der Waals surface area contributed by atoms with E-state index < -0.39 is 0 Å². The molecule has 2 nitrogen and oxygen atoms in total. The van der Waals surface area contributed by atoms with Crippen molar-refractivity contribution in [2.24, 2.45) is 0 Å². The van der Waals surface area contributed by atoms with Crippen LogP contribution in [-0.2, 0) is 0 Å². The minimum absolute atomic E-state index is 0.676. The molecule has 0 amide bonds. The molecule has 13 heavy (non-hydrogen) atoms. The third-order valence-corrected chi connectivity index (χ3v) is 2.62.